The van der Waals surface area contributed by atoms with E-state index in [1.807, 2.05) is 37.3 Å². The van der Waals surface area contributed by atoms with E-state index in [1.165, 1.54) is 11.8 Å². The van der Waals surface area contributed by atoms with E-state index in [9.17, 15) is 9.59 Å². The third-order valence-electron chi connectivity index (χ3n) is 3.01. The summed E-state index contributed by atoms with van der Waals surface area (Å²) in [6.07, 6.45) is 0. The molecule has 0 aliphatic carbocycles. The van der Waals surface area contributed by atoms with Crippen LogP contribution in [0.2, 0.25) is 0 Å². The maximum absolute atomic E-state index is 12.0. The van der Waals surface area contributed by atoms with Gasteiger partial charge in [-0.1, -0.05) is 30.3 Å². The Kier molecular flexibility index (Phi) is 5.61. The third-order valence-corrected chi connectivity index (χ3v) is 4.10. The van der Waals surface area contributed by atoms with Crippen LogP contribution in [0.4, 0.5) is 0 Å². The number of thioether (sulfide) groups is 1. The maximum Gasteiger partial charge on any atom is 0.319 e. The van der Waals surface area contributed by atoms with Gasteiger partial charge in [0.2, 0.25) is 5.91 Å². The topological polar surface area (TPSA) is 69.4 Å². The molecule has 2 aromatic rings. The smallest absolute Gasteiger partial charge is 0.319 e. The molecule has 4 nitrogen and oxygen atoms in total. The maximum atomic E-state index is 12.0. The van der Waals surface area contributed by atoms with Crippen LogP contribution in [0.25, 0.3) is 0 Å². The molecule has 2 N–H and O–H groups in total. The molecule has 2 rings (SSSR count). The van der Waals surface area contributed by atoms with Gasteiger partial charge in [0.15, 0.2) is 0 Å². The van der Waals surface area contributed by atoms with Crippen LogP contribution in [-0.2, 0) is 16.1 Å². The van der Waals surface area contributed by atoms with E-state index in [-0.39, 0.29) is 17.8 Å². The molecule has 5 heteroatoms. The summed E-state index contributed by atoms with van der Waals surface area (Å²) in [4.78, 5) is 24.0. The first-order chi connectivity index (χ1) is 10.6. The first-order valence-electron chi connectivity index (χ1n) is 6.83. The fraction of sp³-hybridized carbons (Fsp3) is 0.176. The Morgan fingerprint density at radius 2 is 1.73 bits per heavy atom. The van der Waals surface area contributed by atoms with Crippen LogP contribution in [-0.4, -0.2) is 17.1 Å². The summed E-state index contributed by atoms with van der Waals surface area (Å²) in [6.45, 7) is 1.99. The molecule has 2 aromatic carbocycles. The molecule has 0 unspecified atom stereocenters. The number of ether oxygens (including phenoxy) is 1. The van der Waals surface area contributed by atoms with Crippen molar-refractivity contribution in [2.45, 2.75) is 23.7 Å². The molecule has 0 aliphatic rings. The molecular formula is C17H17NO3S. The lowest BCUT2D eigenvalue weighted by Gasteiger charge is -2.11. The number of hydrogen-bond acceptors (Lipinski definition) is 4. The number of rotatable bonds is 6. The van der Waals surface area contributed by atoms with E-state index in [4.69, 9.17) is 10.5 Å². The summed E-state index contributed by atoms with van der Waals surface area (Å²) in [5.74, 6) is -0.746. The average Bonchev–Trinajstić information content (AvgIpc) is 2.53. The Hall–Kier alpha value is -2.27. The van der Waals surface area contributed by atoms with Gasteiger partial charge >= 0.3 is 5.97 Å². The molecule has 0 aromatic heterocycles. The highest BCUT2D eigenvalue weighted by Gasteiger charge is 2.15. The van der Waals surface area contributed by atoms with E-state index >= 15 is 0 Å². The van der Waals surface area contributed by atoms with Gasteiger partial charge in [0, 0.05) is 10.5 Å². The van der Waals surface area contributed by atoms with Gasteiger partial charge in [-0.3, -0.25) is 9.59 Å². The summed E-state index contributed by atoms with van der Waals surface area (Å²) in [6, 6.07) is 16.4. The number of carbonyl (C=O) groups is 2. The predicted molar refractivity (Wildman–Crippen MR) is 86.5 cm³/mol. The zero-order chi connectivity index (χ0) is 15.9. The quantitative estimate of drug-likeness (QED) is 0.657. The number of primary amides is 1. The van der Waals surface area contributed by atoms with E-state index in [1.54, 1.807) is 24.3 Å². The average molecular weight is 315 g/mol. The molecule has 0 saturated carbocycles. The van der Waals surface area contributed by atoms with E-state index < -0.39 is 5.91 Å². The molecule has 0 fully saturated rings. The van der Waals surface area contributed by atoms with Gasteiger partial charge in [0.05, 0.1) is 0 Å². The fourth-order valence-electron chi connectivity index (χ4n) is 1.79. The van der Waals surface area contributed by atoms with Gasteiger partial charge in [-0.2, -0.15) is 0 Å². The minimum Gasteiger partial charge on any atom is -0.460 e. The highest BCUT2D eigenvalue weighted by atomic mass is 32.2. The summed E-state index contributed by atoms with van der Waals surface area (Å²) in [5, 5.41) is -0.285. The van der Waals surface area contributed by atoms with Gasteiger partial charge < -0.3 is 10.5 Å². The number of carbonyl (C=O) groups excluding carboxylic acids is 2. The summed E-state index contributed by atoms with van der Waals surface area (Å²) < 4.78 is 5.29. The molecule has 1 atom stereocenters. The Labute approximate surface area is 133 Å². The van der Waals surface area contributed by atoms with Crippen LogP contribution in [0.5, 0.6) is 0 Å². The Balaban J connectivity index is 1.85. The lowest BCUT2D eigenvalue weighted by molar-refractivity contribution is -0.143. The molecule has 0 aliphatic heterocycles. The fourth-order valence-corrected chi connectivity index (χ4v) is 2.68. The highest BCUT2D eigenvalue weighted by molar-refractivity contribution is 8.00. The third kappa shape index (κ3) is 4.63. The van der Waals surface area contributed by atoms with Crippen molar-refractivity contribution in [2.24, 2.45) is 5.73 Å². The minimum atomic E-state index is -0.476. The molecule has 0 heterocycles. The van der Waals surface area contributed by atoms with Crippen LogP contribution in [0, 0.1) is 0 Å². The van der Waals surface area contributed by atoms with E-state index in [2.05, 4.69) is 0 Å². The van der Waals surface area contributed by atoms with Crippen LogP contribution in [0.3, 0.4) is 0 Å². The van der Waals surface area contributed by atoms with Gasteiger partial charge in [-0.05, 0) is 36.8 Å². The lowest BCUT2D eigenvalue weighted by atomic mass is 10.1. The second-order valence-electron chi connectivity index (χ2n) is 4.74. The molecule has 0 radical (unpaired) electrons. The molecule has 22 heavy (non-hydrogen) atoms. The number of nitrogens with two attached hydrogens (primary N) is 1. The van der Waals surface area contributed by atoms with Gasteiger partial charge in [-0.25, -0.2) is 0 Å². The van der Waals surface area contributed by atoms with Crippen molar-refractivity contribution >= 4 is 23.6 Å². The zero-order valence-electron chi connectivity index (χ0n) is 12.2. The summed E-state index contributed by atoms with van der Waals surface area (Å²) in [5.41, 5.74) is 6.42. The zero-order valence-corrected chi connectivity index (χ0v) is 13.0. The van der Waals surface area contributed by atoms with Crippen molar-refractivity contribution in [3.05, 3.63) is 65.7 Å². The number of amides is 1. The van der Waals surface area contributed by atoms with Crippen LogP contribution >= 0.6 is 11.8 Å². The normalized spacial score (nSPS) is 11.7. The Morgan fingerprint density at radius 1 is 1.09 bits per heavy atom. The van der Waals surface area contributed by atoms with Gasteiger partial charge in [0.25, 0.3) is 0 Å². The van der Waals surface area contributed by atoms with Crippen molar-refractivity contribution in [2.75, 3.05) is 0 Å². The standard InChI is InChI=1S/C17H17NO3S/c1-12(22-15-5-3-2-4-6-15)17(20)21-11-13-7-9-14(10-8-13)16(18)19/h2-10,12H,11H2,1H3,(H2,18,19)/t12-/m0/s1. The molecule has 114 valence electrons. The molecule has 0 saturated heterocycles. The van der Waals surface area contributed by atoms with Crippen LogP contribution in [0.15, 0.2) is 59.5 Å². The van der Waals surface area contributed by atoms with E-state index in [0.717, 1.165) is 10.5 Å². The highest BCUT2D eigenvalue weighted by Crippen LogP contribution is 2.23. The molecule has 0 bridgehead atoms. The largest absolute Gasteiger partial charge is 0.460 e. The first-order valence-corrected chi connectivity index (χ1v) is 7.71. The van der Waals surface area contributed by atoms with Gasteiger partial charge in [0.1, 0.15) is 11.9 Å². The lowest BCUT2D eigenvalue weighted by Crippen LogP contribution is -2.16. The van der Waals surface area contributed by atoms with Crippen LogP contribution in [0.1, 0.15) is 22.8 Å². The van der Waals surface area contributed by atoms with Crippen LogP contribution < -0.4 is 5.73 Å². The minimum absolute atomic E-state index is 0.178. The number of hydrogen-bond donors (Lipinski definition) is 1. The Bertz CT molecular complexity index is 641. The van der Waals surface area contributed by atoms with E-state index in [0.29, 0.717) is 5.56 Å². The second kappa shape index (κ2) is 7.66. The number of esters is 1. The summed E-state index contributed by atoms with van der Waals surface area (Å²) in [7, 11) is 0. The van der Waals surface area contributed by atoms with Crippen molar-refractivity contribution in [3.8, 4) is 0 Å². The van der Waals surface area contributed by atoms with Crippen molar-refractivity contribution in [1.29, 1.82) is 0 Å². The SMILES string of the molecule is C[C@H](Sc1ccccc1)C(=O)OCc1ccc(C(N)=O)cc1. The predicted octanol–water partition coefficient (Wildman–Crippen LogP) is 3.01. The van der Waals surface area contributed by atoms with Crippen molar-refractivity contribution in [3.63, 3.8) is 0 Å². The second-order valence-corrected chi connectivity index (χ2v) is 6.16. The molecular weight excluding hydrogens is 298 g/mol. The summed E-state index contributed by atoms with van der Waals surface area (Å²) >= 11 is 1.46. The van der Waals surface area contributed by atoms with Crippen molar-refractivity contribution < 1.29 is 14.3 Å². The van der Waals surface area contributed by atoms with Gasteiger partial charge in [-0.15, -0.1) is 11.8 Å². The molecule has 0 spiro atoms. The first kappa shape index (κ1) is 16.1. The monoisotopic (exact) mass is 315 g/mol. The molecule has 1 amide bonds. The number of benzene rings is 2. The van der Waals surface area contributed by atoms with Crippen molar-refractivity contribution in [1.82, 2.24) is 0 Å². The Morgan fingerprint density at radius 3 is 2.32 bits per heavy atom.